The number of carboxylic acid groups (broad SMARTS) is 1. The lowest BCUT2D eigenvalue weighted by atomic mass is 9.74. The number of aliphatic carboxylic acids is 1. The molecule has 0 radical (unpaired) electrons. The maximum atomic E-state index is 13.9. The van der Waals surface area contributed by atoms with Gasteiger partial charge in [0, 0.05) is 18.5 Å². The van der Waals surface area contributed by atoms with E-state index in [4.69, 9.17) is 9.84 Å². The van der Waals surface area contributed by atoms with Crippen molar-refractivity contribution in [2.75, 3.05) is 13.2 Å². The van der Waals surface area contributed by atoms with E-state index < -0.39 is 22.6 Å². The van der Waals surface area contributed by atoms with E-state index in [0.29, 0.717) is 17.9 Å². The Morgan fingerprint density at radius 1 is 1.06 bits per heavy atom. The highest BCUT2D eigenvalue weighted by Gasteiger charge is 2.45. The summed E-state index contributed by atoms with van der Waals surface area (Å²) < 4.78 is 48.3. The topological polar surface area (TPSA) is 83.9 Å². The molecule has 0 amide bonds. The fourth-order valence-corrected chi connectivity index (χ4v) is 7.23. The molecule has 0 saturated heterocycles. The molecule has 2 aliphatic rings. The van der Waals surface area contributed by atoms with Gasteiger partial charge in [-0.3, -0.25) is 0 Å². The van der Waals surface area contributed by atoms with Gasteiger partial charge in [-0.1, -0.05) is 37.1 Å². The summed E-state index contributed by atoms with van der Waals surface area (Å²) >= 11 is 0. The molecule has 1 spiro atoms. The van der Waals surface area contributed by atoms with Crippen LogP contribution in [-0.2, 0) is 26.8 Å². The quantitative estimate of drug-likeness (QED) is 0.489. The van der Waals surface area contributed by atoms with Crippen molar-refractivity contribution in [3.8, 4) is 16.9 Å². The molecule has 1 N–H and O–H groups in total. The Labute approximate surface area is 210 Å². The van der Waals surface area contributed by atoms with Gasteiger partial charge >= 0.3 is 5.97 Å². The number of carbonyl (C=O) groups is 1. The minimum absolute atomic E-state index is 0.153. The van der Waals surface area contributed by atoms with Crippen LogP contribution in [0.2, 0.25) is 0 Å². The average Bonchev–Trinajstić information content (AvgIpc) is 3.31. The number of sulfonamides is 1. The number of hydrogen-bond donors (Lipinski definition) is 1. The number of rotatable bonds is 6. The Morgan fingerprint density at radius 3 is 2.50 bits per heavy atom. The fraction of sp³-hybridized carbons (Fsp3) is 0.321. The van der Waals surface area contributed by atoms with E-state index in [9.17, 15) is 17.6 Å². The minimum atomic E-state index is -3.82. The smallest absolute Gasteiger partial charge is 0.341 e. The number of fused-ring (bicyclic) bond motifs is 2. The van der Waals surface area contributed by atoms with Gasteiger partial charge < -0.3 is 9.84 Å². The SMILES string of the molecule is Cc1cc(S(=O)(=O)N2Cc3cc(-c4cccc(F)c4)ccc3C3(CCCC3)C2)ccc1OCC(=O)O. The van der Waals surface area contributed by atoms with E-state index in [1.807, 2.05) is 18.2 Å². The van der Waals surface area contributed by atoms with Gasteiger partial charge in [0.05, 0.1) is 4.90 Å². The number of aryl methyl sites for hydroxylation is 1. The van der Waals surface area contributed by atoms with Gasteiger partial charge in [0.25, 0.3) is 0 Å². The zero-order valence-corrected chi connectivity index (χ0v) is 20.9. The van der Waals surface area contributed by atoms with Gasteiger partial charge in [-0.15, -0.1) is 0 Å². The Hall–Kier alpha value is -3.23. The first-order valence-electron chi connectivity index (χ1n) is 12.0. The summed E-state index contributed by atoms with van der Waals surface area (Å²) in [7, 11) is -3.82. The number of hydrogen-bond acceptors (Lipinski definition) is 4. The van der Waals surface area contributed by atoms with Gasteiger partial charge in [0.1, 0.15) is 11.6 Å². The first-order chi connectivity index (χ1) is 17.2. The predicted octanol–water partition coefficient (Wildman–Crippen LogP) is 5.28. The van der Waals surface area contributed by atoms with Gasteiger partial charge in [-0.25, -0.2) is 17.6 Å². The second-order valence-corrected chi connectivity index (χ2v) is 11.7. The lowest BCUT2D eigenvalue weighted by Crippen LogP contribution is -2.46. The van der Waals surface area contributed by atoms with Gasteiger partial charge in [-0.2, -0.15) is 4.31 Å². The van der Waals surface area contributed by atoms with E-state index in [-0.39, 0.29) is 22.7 Å². The maximum absolute atomic E-state index is 13.9. The number of halogens is 1. The van der Waals surface area contributed by atoms with Crippen LogP contribution < -0.4 is 4.74 Å². The van der Waals surface area contributed by atoms with Gasteiger partial charge in [0.15, 0.2) is 6.61 Å². The van der Waals surface area contributed by atoms with Crippen molar-refractivity contribution in [1.29, 1.82) is 0 Å². The lowest BCUT2D eigenvalue weighted by Gasteiger charge is -2.41. The molecule has 36 heavy (non-hydrogen) atoms. The molecule has 0 atom stereocenters. The third-order valence-corrected chi connectivity index (χ3v) is 9.14. The normalized spacial score (nSPS) is 17.2. The largest absolute Gasteiger partial charge is 0.482 e. The Kier molecular flexibility index (Phi) is 6.34. The highest BCUT2D eigenvalue weighted by atomic mass is 32.2. The third kappa shape index (κ3) is 4.51. The summed E-state index contributed by atoms with van der Waals surface area (Å²) in [4.78, 5) is 11.0. The highest BCUT2D eigenvalue weighted by molar-refractivity contribution is 7.89. The molecule has 1 heterocycles. The fourth-order valence-electron chi connectivity index (χ4n) is 5.64. The number of ether oxygens (including phenoxy) is 1. The zero-order valence-electron chi connectivity index (χ0n) is 20.0. The zero-order chi connectivity index (χ0) is 25.5. The van der Waals surface area contributed by atoms with E-state index in [2.05, 4.69) is 6.07 Å². The molecule has 0 aromatic heterocycles. The van der Waals surface area contributed by atoms with Crippen molar-refractivity contribution in [3.63, 3.8) is 0 Å². The Balaban J connectivity index is 1.51. The van der Waals surface area contributed by atoms with E-state index in [1.165, 1.54) is 35.9 Å². The Morgan fingerprint density at radius 2 is 1.81 bits per heavy atom. The second kappa shape index (κ2) is 9.33. The van der Waals surface area contributed by atoms with E-state index >= 15 is 0 Å². The molecule has 0 bridgehead atoms. The van der Waals surface area contributed by atoms with Crippen LogP contribution in [0.15, 0.2) is 65.6 Å². The molecule has 188 valence electrons. The van der Waals surface area contributed by atoms with Crippen LogP contribution in [0.25, 0.3) is 11.1 Å². The monoisotopic (exact) mass is 509 g/mol. The van der Waals surface area contributed by atoms with Crippen molar-refractivity contribution >= 4 is 16.0 Å². The first-order valence-corrected chi connectivity index (χ1v) is 13.5. The molecular weight excluding hydrogens is 481 g/mol. The first kappa shape index (κ1) is 24.5. The van der Waals surface area contributed by atoms with Crippen LogP contribution in [0, 0.1) is 12.7 Å². The van der Waals surface area contributed by atoms with Crippen molar-refractivity contribution in [1.82, 2.24) is 4.31 Å². The number of benzene rings is 3. The van der Waals surface area contributed by atoms with Crippen LogP contribution in [0.1, 0.15) is 42.4 Å². The predicted molar refractivity (Wildman–Crippen MR) is 134 cm³/mol. The van der Waals surface area contributed by atoms with Crippen molar-refractivity contribution in [2.24, 2.45) is 0 Å². The summed E-state index contributed by atoms with van der Waals surface area (Å²) in [6.45, 7) is 1.86. The molecular formula is C28H28FNO5S. The summed E-state index contributed by atoms with van der Waals surface area (Å²) in [6, 6.07) is 17.0. The Bertz CT molecular complexity index is 1430. The summed E-state index contributed by atoms with van der Waals surface area (Å²) in [6.07, 6.45) is 3.94. The summed E-state index contributed by atoms with van der Waals surface area (Å²) in [5.41, 5.74) is 4.08. The van der Waals surface area contributed by atoms with Crippen LogP contribution in [0.4, 0.5) is 4.39 Å². The second-order valence-electron chi connectivity index (χ2n) is 9.75. The maximum Gasteiger partial charge on any atom is 0.341 e. The van der Waals surface area contributed by atoms with E-state index in [0.717, 1.165) is 42.4 Å². The van der Waals surface area contributed by atoms with Crippen LogP contribution in [0.5, 0.6) is 5.75 Å². The van der Waals surface area contributed by atoms with Gasteiger partial charge in [0.2, 0.25) is 10.0 Å². The minimum Gasteiger partial charge on any atom is -0.482 e. The number of carboxylic acids is 1. The molecule has 1 saturated carbocycles. The van der Waals surface area contributed by atoms with Crippen molar-refractivity contribution in [2.45, 2.75) is 49.5 Å². The summed E-state index contributed by atoms with van der Waals surface area (Å²) in [5, 5.41) is 8.86. The highest BCUT2D eigenvalue weighted by Crippen LogP contribution is 2.47. The van der Waals surface area contributed by atoms with Crippen LogP contribution >= 0.6 is 0 Å². The lowest BCUT2D eigenvalue weighted by molar-refractivity contribution is -0.139. The molecule has 3 aromatic rings. The van der Waals surface area contributed by atoms with Crippen LogP contribution in [-0.4, -0.2) is 37.0 Å². The van der Waals surface area contributed by atoms with Crippen molar-refractivity contribution < 1.29 is 27.4 Å². The number of nitrogens with zero attached hydrogens (tertiary/aromatic N) is 1. The molecule has 5 rings (SSSR count). The third-order valence-electron chi connectivity index (χ3n) is 7.36. The molecule has 1 aliphatic carbocycles. The molecule has 0 unspecified atom stereocenters. The molecule has 8 heteroatoms. The average molecular weight is 510 g/mol. The molecule has 1 aliphatic heterocycles. The van der Waals surface area contributed by atoms with Crippen molar-refractivity contribution in [3.05, 3.63) is 83.2 Å². The molecule has 3 aromatic carbocycles. The van der Waals surface area contributed by atoms with E-state index in [1.54, 1.807) is 17.3 Å². The molecule has 1 fully saturated rings. The standard InChI is InChI=1S/C28H28FNO5S/c1-19-13-24(8-10-26(19)35-17-27(31)32)36(33,34)30-16-22-14-21(20-5-4-6-23(29)15-20)7-9-25(22)28(18-30)11-2-3-12-28/h4-10,13-15H,2-3,11-12,16-18H2,1H3,(H,31,32). The summed E-state index contributed by atoms with van der Waals surface area (Å²) in [5.74, 6) is -1.07. The molecule has 6 nitrogen and oxygen atoms in total. The van der Waals surface area contributed by atoms with Gasteiger partial charge in [-0.05, 0) is 84.0 Å². The van der Waals surface area contributed by atoms with Crippen LogP contribution in [0.3, 0.4) is 0 Å².